The normalized spacial score (nSPS) is 15.6. The molecule has 0 unspecified atom stereocenters. The Bertz CT molecular complexity index is 4940. The molecule has 6 heterocycles. The lowest BCUT2D eigenvalue weighted by Gasteiger charge is -2.34. The quantitative estimate of drug-likeness (QED) is 0.120. The van der Waals surface area contributed by atoms with Crippen molar-refractivity contribution in [2.45, 2.75) is 38.5 Å². The lowest BCUT2D eigenvalue weighted by atomic mass is 9.67. The third kappa shape index (κ3) is 6.97. The molecule has 404 valence electrons. The molecular weight excluding hydrogens is 1170 g/mol. The van der Waals surface area contributed by atoms with E-state index in [1.54, 1.807) is 57.5 Å². The van der Waals surface area contributed by atoms with E-state index in [9.17, 15) is 30.6 Å². The zero-order valence-electron chi connectivity index (χ0n) is 46.2. The van der Waals surface area contributed by atoms with Crippen LogP contribution in [0.2, 0.25) is 0 Å². The second-order valence-electron chi connectivity index (χ2n) is 22.3. The van der Waals surface area contributed by atoms with Gasteiger partial charge in [0, 0.05) is 74.8 Å². The van der Waals surface area contributed by atoms with Crippen molar-refractivity contribution in [3.05, 3.63) is 279 Å². The molecular formula is C74H40N4O2S6. The number of nitrogens with zero attached hydrogens (tertiary/aromatic N) is 4. The molecule has 6 nitrogen and oxygen atoms in total. The molecule has 0 saturated heterocycles. The standard InChI is InChI=1S/C74H40N4O2S6/c1-37-13-21-43(22-14-37)73(44-23-15-38(2)16-24-44)59-65-55(31-47(81-65)29-53-57(41(33-75)34-76)49-9-5-7-11-51(49)63(53)79)83-67(59)69-61(73)71-72(85-69)62-70(86-71)68-60(74(62,45-25-17-39(3)18-26-45)46-27-19-40(4)20-28-46)66-56(84-68)32-48(82-66)30-54-58(42(35-77)36-78)50-10-6-8-12-52(50)64(54)80/h5-32H,1-4H3. The summed E-state index contributed by atoms with van der Waals surface area (Å²) in [6.07, 6.45) is 3.78. The summed E-state index contributed by atoms with van der Waals surface area (Å²) >= 11 is 10.7. The molecule has 0 aliphatic heterocycles. The number of nitriles is 4. The van der Waals surface area contributed by atoms with E-state index in [1.807, 2.05) is 71.2 Å². The Morgan fingerprint density at radius 1 is 0.372 bits per heavy atom. The Balaban J connectivity index is 0.977. The van der Waals surface area contributed by atoms with Gasteiger partial charge in [0.15, 0.2) is 11.6 Å². The number of carbonyl (C=O) groups is 2. The minimum Gasteiger partial charge on any atom is -0.289 e. The molecule has 0 amide bonds. The Morgan fingerprint density at radius 2 is 0.663 bits per heavy atom. The average Bonchev–Trinajstić information content (AvgIpc) is 1.48. The summed E-state index contributed by atoms with van der Waals surface area (Å²) in [6.45, 7) is 8.55. The summed E-state index contributed by atoms with van der Waals surface area (Å²) in [5.41, 5.74) is 16.2. The van der Waals surface area contributed by atoms with Crippen LogP contribution in [0, 0.1) is 73.0 Å². The van der Waals surface area contributed by atoms with Gasteiger partial charge >= 0.3 is 0 Å². The van der Waals surface area contributed by atoms with Crippen molar-refractivity contribution >= 4 is 131 Å². The van der Waals surface area contributed by atoms with Crippen molar-refractivity contribution in [1.82, 2.24) is 0 Å². The number of ketones is 2. The third-order valence-corrected chi connectivity index (χ3v) is 25.2. The number of hydrogen-bond donors (Lipinski definition) is 0. The van der Waals surface area contributed by atoms with E-state index in [2.05, 4.69) is 161 Å². The second-order valence-corrected chi connectivity index (χ2v) is 28.7. The molecule has 4 aliphatic rings. The SMILES string of the molecule is Cc1ccc(C2(c3ccc(C)cc3)c3c(sc4cc(C=C5C(=O)c6ccccc6C5=C(C#N)C#N)sc34)-c3sc4c5c(sc4c32)-c2sc3cc(C=C4C(=O)c6ccccc6C4=C(C#N)C#N)sc3c2C5(c2ccc(C)cc2)c2ccc(C)cc2)cc1. The first-order chi connectivity index (χ1) is 41.9. The molecule has 6 aromatic carbocycles. The Kier molecular flexibility index (Phi) is 11.5. The number of hydrogen-bond acceptors (Lipinski definition) is 12. The van der Waals surface area contributed by atoms with Gasteiger partial charge in [-0.2, -0.15) is 21.0 Å². The van der Waals surface area contributed by atoms with E-state index < -0.39 is 10.8 Å². The summed E-state index contributed by atoms with van der Waals surface area (Å²) in [7, 11) is 0. The van der Waals surface area contributed by atoms with E-state index in [-0.39, 0.29) is 22.7 Å². The minimum atomic E-state index is -0.783. The molecule has 6 aromatic heterocycles. The molecule has 12 aromatic rings. The van der Waals surface area contributed by atoms with Crippen LogP contribution in [0.15, 0.2) is 180 Å². The molecule has 4 aliphatic carbocycles. The first-order valence-corrected chi connectivity index (χ1v) is 32.7. The fourth-order valence-electron chi connectivity index (χ4n) is 13.8. The summed E-state index contributed by atoms with van der Waals surface area (Å²) in [5, 5.41) is 40.9. The van der Waals surface area contributed by atoms with Gasteiger partial charge in [0.05, 0.1) is 49.1 Å². The zero-order chi connectivity index (χ0) is 58.7. The molecule has 0 radical (unpaired) electrons. The van der Waals surface area contributed by atoms with Gasteiger partial charge in [0.25, 0.3) is 0 Å². The summed E-state index contributed by atoms with van der Waals surface area (Å²) in [4.78, 5) is 35.3. The average molecular weight is 1210 g/mol. The lowest BCUT2D eigenvalue weighted by molar-refractivity contribution is 0.103. The highest BCUT2D eigenvalue weighted by molar-refractivity contribution is 7.37. The number of benzene rings is 6. The van der Waals surface area contributed by atoms with Crippen LogP contribution in [0.25, 0.3) is 71.0 Å². The van der Waals surface area contributed by atoms with Gasteiger partial charge in [-0.1, -0.05) is 168 Å². The van der Waals surface area contributed by atoms with Gasteiger partial charge in [-0.3, -0.25) is 9.59 Å². The van der Waals surface area contributed by atoms with E-state index in [4.69, 9.17) is 0 Å². The summed E-state index contributed by atoms with van der Waals surface area (Å²) < 4.78 is 6.96. The van der Waals surface area contributed by atoms with Crippen LogP contribution >= 0.6 is 68.0 Å². The maximum absolute atomic E-state index is 14.3. The maximum Gasteiger partial charge on any atom is 0.194 e. The number of allylic oxidation sites excluding steroid dienone is 6. The monoisotopic (exact) mass is 1210 g/mol. The molecule has 86 heavy (non-hydrogen) atoms. The van der Waals surface area contributed by atoms with Gasteiger partial charge < -0.3 is 0 Å². The fraction of sp³-hybridized carbons (Fsp3) is 0.0811. The molecule has 0 bridgehead atoms. The van der Waals surface area contributed by atoms with Crippen molar-refractivity contribution in [3.8, 4) is 43.8 Å². The van der Waals surface area contributed by atoms with Crippen LogP contribution in [-0.2, 0) is 10.8 Å². The zero-order valence-corrected chi connectivity index (χ0v) is 51.1. The molecule has 0 spiro atoms. The van der Waals surface area contributed by atoms with Crippen LogP contribution in [0.3, 0.4) is 0 Å². The highest BCUT2D eigenvalue weighted by Crippen LogP contribution is 2.72. The lowest BCUT2D eigenvalue weighted by Crippen LogP contribution is -2.29. The molecule has 0 atom stereocenters. The number of rotatable bonds is 6. The van der Waals surface area contributed by atoms with Crippen LogP contribution < -0.4 is 0 Å². The van der Waals surface area contributed by atoms with Crippen LogP contribution in [0.5, 0.6) is 0 Å². The molecule has 0 fully saturated rings. The molecule has 16 rings (SSSR count). The number of fused-ring (bicyclic) bond motifs is 15. The Morgan fingerprint density at radius 3 is 0.977 bits per heavy atom. The van der Waals surface area contributed by atoms with E-state index >= 15 is 0 Å². The first-order valence-electron chi connectivity index (χ1n) is 27.8. The smallest absolute Gasteiger partial charge is 0.194 e. The second kappa shape index (κ2) is 19.0. The van der Waals surface area contributed by atoms with E-state index in [1.165, 1.54) is 51.2 Å². The Labute approximate surface area is 518 Å². The third-order valence-electron chi connectivity index (χ3n) is 17.6. The van der Waals surface area contributed by atoms with Gasteiger partial charge in [0.2, 0.25) is 0 Å². The predicted octanol–water partition coefficient (Wildman–Crippen LogP) is 19.6. The number of carbonyl (C=O) groups excluding carboxylic acids is 2. The first kappa shape index (κ1) is 52.1. The highest BCUT2D eigenvalue weighted by atomic mass is 32.1. The van der Waals surface area contributed by atoms with Crippen molar-refractivity contribution < 1.29 is 9.59 Å². The number of Topliss-reactive ketones (excluding diaryl/α,β-unsaturated/α-hetero) is 2. The van der Waals surface area contributed by atoms with Gasteiger partial charge in [0.1, 0.15) is 35.4 Å². The molecule has 12 heteroatoms. The summed E-state index contributed by atoms with van der Waals surface area (Å²) in [5.74, 6) is -0.401. The minimum absolute atomic E-state index is 0.0860. The largest absolute Gasteiger partial charge is 0.289 e. The Hall–Kier alpha value is -9.44. The maximum atomic E-state index is 14.3. The number of aryl methyl sites for hydroxylation is 4. The van der Waals surface area contributed by atoms with Crippen LogP contribution in [0.1, 0.15) is 108 Å². The molecule has 0 N–H and O–H groups in total. The van der Waals surface area contributed by atoms with Gasteiger partial charge in [-0.25, -0.2) is 0 Å². The van der Waals surface area contributed by atoms with Crippen LogP contribution in [0.4, 0.5) is 0 Å². The number of thiophene rings is 6. The van der Waals surface area contributed by atoms with E-state index in [0.29, 0.717) is 44.5 Å². The fourth-order valence-corrected chi connectivity index (χ4v) is 22.6. The van der Waals surface area contributed by atoms with Gasteiger partial charge in [-0.05, 0) is 85.4 Å². The van der Waals surface area contributed by atoms with Crippen molar-refractivity contribution in [2.75, 3.05) is 0 Å². The highest BCUT2D eigenvalue weighted by Gasteiger charge is 2.56. The van der Waals surface area contributed by atoms with Crippen molar-refractivity contribution in [3.63, 3.8) is 0 Å². The van der Waals surface area contributed by atoms with Gasteiger partial charge in [-0.15, -0.1) is 68.0 Å². The topological polar surface area (TPSA) is 129 Å². The van der Waals surface area contributed by atoms with E-state index in [0.717, 1.165) is 73.1 Å². The van der Waals surface area contributed by atoms with Crippen molar-refractivity contribution in [1.29, 1.82) is 21.0 Å². The summed E-state index contributed by atoms with van der Waals surface area (Å²) in [6, 6.07) is 63.5. The van der Waals surface area contributed by atoms with Crippen LogP contribution in [-0.4, -0.2) is 11.6 Å². The van der Waals surface area contributed by atoms with Crippen molar-refractivity contribution in [2.24, 2.45) is 0 Å². The predicted molar refractivity (Wildman–Crippen MR) is 354 cm³/mol. The molecule has 0 saturated carbocycles.